The minimum atomic E-state index is -4.58. The van der Waals surface area contributed by atoms with Crippen molar-refractivity contribution in [3.8, 4) is 0 Å². The molecule has 6 heteroatoms. The fourth-order valence-corrected chi connectivity index (χ4v) is 1.62. The summed E-state index contributed by atoms with van der Waals surface area (Å²) in [6, 6.07) is -0.176. The summed E-state index contributed by atoms with van der Waals surface area (Å²) >= 11 is 0. The Kier molecular flexibility index (Phi) is 3.33. The van der Waals surface area contributed by atoms with Crippen LogP contribution in [0.2, 0.25) is 0 Å². The van der Waals surface area contributed by atoms with Gasteiger partial charge in [0, 0.05) is 18.0 Å². The van der Waals surface area contributed by atoms with Crippen LogP contribution < -0.4 is 5.32 Å². The molecule has 0 aromatic heterocycles. The number of nitrogens with one attached hydrogen (secondary N) is 1. The Morgan fingerprint density at radius 2 is 2.00 bits per heavy atom. The number of rotatable bonds is 3. The maximum absolute atomic E-state index is 12.0. The summed E-state index contributed by atoms with van der Waals surface area (Å²) in [6.45, 7) is 3.03. The van der Waals surface area contributed by atoms with Gasteiger partial charge in [0.15, 0.2) is 6.10 Å². The molecule has 0 bridgehead atoms. The van der Waals surface area contributed by atoms with Crippen molar-refractivity contribution in [1.29, 1.82) is 0 Å². The number of aliphatic hydroxyl groups is 2. The van der Waals surface area contributed by atoms with E-state index in [1.807, 2.05) is 0 Å². The van der Waals surface area contributed by atoms with Gasteiger partial charge in [-0.25, -0.2) is 0 Å². The zero-order valence-electron chi connectivity index (χ0n) is 8.67. The Bertz CT molecular complexity index is 230. The Balaban J connectivity index is 2.34. The van der Waals surface area contributed by atoms with Crippen LogP contribution in [0.5, 0.6) is 0 Å². The topological polar surface area (TPSA) is 52.5 Å². The van der Waals surface area contributed by atoms with E-state index in [9.17, 15) is 18.3 Å². The molecule has 3 atom stereocenters. The fraction of sp³-hybridized carbons (Fsp3) is 1.00. The molecule has 0 amide bonds. The Morgan fingerprint density at radius 3 is 2.33 bits per heavy atom. The van der Waals surface area contributed by atoms with Crippen molar-refractivity contribution >= 4 is 0 Å². The number of aliphatic hydroxyl groups excluding tert-OH is 2. The molecule has 0 aromatic rings. The Morgan fingerprint density at radius 1 is 1.47 bits per heavy atom. The van der Waals surface area contributed by atoms with Crippen molar-refractivity contribution < 1.29 is 23.4 Å². The summed E-state index contributed by atoms with van der Waals surface area (Å²) < 4.78 is 35.9. The molecule has 90 valence electrons. The van der Waals surface area contributed by atoms with Gasteiger partial charge in [-0.1, -0.05) is 13.8 Å². The first-order chi connectivity index (χ1) is 6.65. The molecule has 0 spiro atoms. The van der Waals surface area contributed by atoms with E-state index in [-0.39, 0.29) is 6.04 Å². The van der Waals surface area contributed by atoms with Crippen molar-refractivity contribution in [2.45, 2.75) is 44.7 Å². The second-order valence-electron chi connectivity index (χ2n) is 4.59. The minimum Gasteiger partial charge on any atom is -0.392 e. The van der Waals surface area contributed by atoms with E-state index in [0.29, 0.717) is 6.42 Å². The molecular weight excluding hydrogens is 211 g/mol. The van der Waals surface area contributed by atoms with Gasteiger partial charge < -0.3 is 15.5 Å². The van der Waals surface area contributed by atoms with Gasteiger partial charge in [0.1, 0.15) is 0 Å². The van der Waals surface area contributed by atoms with Crippen LogP contribution in [-0.2, 0) is 0 Å². The molecule has 0 heterocycles. The molecule has 3 unspecified atom stereocenters. The first kappa shape index (κ1) is 12.7. The first-order valence-electron chi connectivity index (χ1n) is 4.82. The lowest BCUT2D eigenvalue weighted by atomic mass is 9.64. The molecule has 1 aliphatic carbocycles. The number of hydrogen-bond donors (Lipinski definition) is 3. The zero-order chi connectivity index (χ0) is 11.9. The predicted octanol–water partition coefficient (Wildman–Crippen LogP) is 0.659. The maximum Gasteiger partial charge on any atom is 0.415 e. The van der Waals surface area contributed by atoms with Gasteiger partial charge >= 0.3 is 6.18 Å². The molecule has 3 N–H and O–H groups in total. The minimum absolute atomic E-state index is 0.176. The van der Waals surface area contributed by atoms with E-state index in [2.05, 4.69) is 5.32 Å². The monoisotopic (exact) mass is 227 g/mol. The molecule has 1 fully saturated rings. The summed E-state index contributed by atoms with van der Waals surface area (Å²) in [4.78, 5) is 0. The van der Waals surface area contributed by atoms with Gasteiger partial charge in [-0.05, 0) is 6.42 Å². The van der Waals surface area contributed by atoms with E-state index >= 15 is 0 Å². The molecule has 0 saturated heterocycles. The molecular formula is C9H16F3NO2. The standard InChI is InChI=1S/C9H16F3NO2/c1-8(2)5(3-6(8)14)13-4-7(15)9(10,11)12/h5-7,13-15H,3-4H2,1-2H3. The van der Waals surface area contributed by atoms with Crippen molar-refractivity contribution in [2.75, 3.05) is 6.54 Å². The van der Waals surface area contributed by atoms with Crippen molar-refractivity contribution in [3.63, 3.8) is 0 Å². The molecule has 0 aromatic carbocycles. The lowest BCUT2D eigenvalue weighted by Gasteiger charge is -2.49. The highest BCUT2D eigenvalue weighted by molar-refractivity contribution is 5.01. The van der Waals surface area contributed by atoms with Crippen LogP contribution in [-0.4, -0.2) is 41.2 Å². The highest BCUT2D eigenvalue weighted by Crippen LogP contribution is 2.40. The normalized spacial score (nSPS) is 32.2. The largest absolute Gasteiger partial charge is 0.415 e. The van der Waals surface area contributed by atoms with E-state index in [4.69, 9.17) is 5.11 Å². The summed E-state index contributed by atoms with van der Waals surface area (Å²) in [5, 5.41) is 20.7. The van der Waals surface area contributed by atoms with Crippen LogP contribution >= 0.6 is 0 Å². The van der Waals surface area contributed by atoms with Gasteiger partial charge in [0.25, 0.3) is 0 Å². The van der Waals surface area contributed by atoms with Crippen LogP contribution in [0.1, 0.15) is 20.3 Å². The van der Waals surface area contributed by atoms with Gasteiger partial charge in [-0.3, -0.25) is 0 Å². The van der Waals surface area contributed by atoms with Gasteiger partial charge in [0.2, 0.25) is 0 Å². The van der Waals surface area contributed by atoms with Crippen molar-refractivity contribution in [3.05, 3.63) is 0 Å². The van der Waals surface area contributed by atoms with E-state index in [1.54, 1.807) is 13.8 Å². The molecule has 0 aliphatic heterocycles. The second kappa shape index (κ2) is 3.92. The highest BCUT2D eigenvalue weighted by Gasteiger charge is 2.48. The van der Waals surface area contributed by atoms with Crippen LogP contribution in [0.3, 0.4) is 0 Å². The second-order valence-corrected chi connectivity index (χ2v) is 4.59. The SMILES string of the molecule is CC1(C)C(O)CC1NCC(O)C(F)(F)F. The average molecular weight is 227 g/mol. The molecule has 1 rings (SSSR count). The third-order valence-corrected chi connectivity index (χ3v) is 3.15. The fourth-order valence-electron chi connectivity index (χ4n) is 1.62. The summed E-state index contributed by atoms with van der Waals surface area (Å²) in [5.41, 5.74) is -0.425. The summed E-state index contributed by atoms with van der Waals surface area (Å²) in [7, 11) is 0. The molecule has 0 radical (unpaired) electrons. The summed E-state index contributed by atoms with van der Waals surface area (Å²) in [6.07, 6.45) is -6.99. The Labute approximate surface area is 86.3 Å². The van der Waals surface area contributed by atoms with Crippen LogP contribution in [0, 0.1) is 5.41 Å². The molecule has 3 nitrogen and oxygen atoms in total. The Hall–Kier alpha value is -0.330. The van der Waals surface area contributed by atoms with E-state index in [0.717, 1.165) is 0 Å². The van der Waals surface area contributed by atoms with Gasteiger partial charge in [0.05, 0.1) is 6.10 Å². The van der Waals surface area contributed by atoms with Crippen molar-refractivity contribution in [1.82, 2.24) is 5.32 Å². The van der Waals surface area contributed by atoms with E-state index < -0.39 is 30.3 Å². The number of halogens is 3. The quantitative estimate of drug-likeness (QED) is 0.664. The molecule has 1 aliphatic rings. The zero-order valence-corrected chi connectivity index (χ0v) is 8.67. The lowest BCUT2D eigenvalue weighted by molar-refractivity contribution is -0.204. The third-order valence-electron chi connectivity index (χ3n) is 3.15. The van der Waals surface area contributed by atoms with Crippen LogP contribution in [0.4, 0.5) is 13.2 Å². The van der Waals surface area contributed by atoms with Gasteiger partial charge in [-0.2, -0.15) is 13.2 Å². The molecule has 1 saturated carbocycles. The number of hydrogen-bond acceptors (Lipinski definition) is 3. The molecule has 15 heavy (non-hydrogen) atoms. The average Bonchev–Trinajstić information content (AvgIpc) is 2.09. The smallest absolute Gasteiger partial charge is 0.392 e. The number of alkyl halides is 3. The third kappa shape index (κ3) is 2.62. The maximum atomic E-state index is 12.0. The van der Waals surface area contributed by atoms with E-state index in [1.165, 1.54) is 0 Å². The highest BCUT2D eigenvalue weighted by atomic mass is 19.4. The first-order valence-corrected chi connectivity index (χ1v) is 4.82. The summed E-state index contributed by atoms with van der Waals surface area (Å²) in [5.74, 6) is 0. The van der Waals surface area contributed by atoms with Crippen molar-refractivity contribution in [2.24, 2.45) is 5.41 Å². The van der Waals surface area contributed by atoms with Gasteiger partial charge in [-0.15, -0.1) is 0 Å². The van der Waals surface area contributed by atoms with Crippen LogP contribution in [0.25, 0.3) is 0 Å². The van der Waals surface area contributed by atoms with Crippen LogP contribution in [0.15, 0.2) is 0 Å². The predicted molar refractivity (Wildman–Crippen MR) is 48.3 cm³/mol. The lowest BCUT2D eigenvalue weighted by Crippen LogP contribution is -2.61.